The summed E-state index contributed by atoms with van der Waals surface area (Å²) in [6, 6.07) is 2.31. The monoisotopic (exact) mass is 429 g/mol. The molecule has 0 radical (unpaired) electrons. The topological polar surface area (TPSA) is 111 Å². The molecule has 2 N–H and O–H groups in total. The lowest BCUT2D eigenvalue weighted by molar-refractivity contribution is -0.138. The van der Waals surface area contributed by atoms with Gasteiger partial charge in [-0.15, -0.1) is 5.10 Å². The number of carboxylic acids is 1. The van der Waals surface area contributed by atoms with E-state index in [0.29, 0.717) is 24.3 Å². The predicted molar refractivity (Wildman–Crippen MR) is 113 cm³/mol. The standard InChI is InChI=1S/C22H31N5O4/c1-4-31-19-9-18(10-19)27-12-17(24-25-27)11-26-13(2)5-20(14(26)3)22(30)23-16-6-15(7-16)8-21(28)29/h5,12,15-16,18-19H,4,6-11H2,1-3H3,(H,23,30)(H,28,29). The van der Waals surface area contributed by atoms with Gasteiger partial charge >= 0.3 is 5.97 Å². The third-order valence-corrected chi connectivity index (χ3v) is 6.58. The van der Waals surface area contributed by atoms with Crippen molar-refractivity contribution in [3.05, 3.63) is 34.9 Å². The second-order valence-corrected chi connectivity index (χ2v) is 8.87. The fourth-order valence-electron chi connectivity index (χ4n) is 4.66. The van der Waals surface area contributed by atoms with Gasteiger partial charge in [-0.25, -0.2) is 4.68 Å². The number of aliphatic carboxylic acids is 1. The molecule has 2 heterocycles. The van der Waals surface area contributed by atoms with Gasteiger partial charge in [-0.1, -0.05) is 5.21 Å². The molecule has 9 heteroatoms. The number of aromatic nitrogens is 4. The van der Waals surface area contributed by atoms with E-state index >= 15 is 0 Å². The summed E-state index contributed by atoms with van der Waals surface area (Å²) in [5.74, 6) is -0.711. The molecule has 0 spiro atoms. The Hall–Kier alpha value is -2.68. The first-order chi connectivity index (χ1) is 14.8. The van der Waals surface area contributed by atoms with Gasteiger partial charge in [-0.05, 0) is 58.4 Å². The van der Waals surface area contributed by atoms with Crippen molar-refractivity contribution in [2.24, 2.45) is 5.92 Å². The molecule has 2 aromatic rings. The smallest absolute Gasteiger partial charge is 0.303 e. The van der Waals surface area contributed by atoms with Gasteiger partial charge in [-0.2, -0.15) is 0 Å². The lowest BCUT2D eigenvalue weighted by Gasteiger charge is -2.34. The number of nitrogens with zero attached hydrogens (tertiary/aromatic N) is 4. The van der Waals surface area contributed by atoms with Crippen LogP contribution in [0.5, 0.6) is 0 Å². The largest absolute Gasteiger partial charge is 0.481 e. The van der Waals surface area contributed by atoms with E-state index < -0.39 is 5.97 Å². The van der Waals surface area contributed by atoms with Gasteiger partial charge in [0, 0.05) is 30.5 Å². The number of carbonyl (C=O) groups excluding carboxylic acids is 1. The van der Waals surface area contributed by atoms with Gasteiger partial charge in [0.15, 0.2) is 0 Å². The summed E-state index contributed by atoms with van der Waals surface area (Å²) in [5.41, 5.74) is 3.41. The zero-order valence-corrected chi connectivity index (χ0v) is 18.4. The van der Waals surface area contributed by atoms with Crippen LogP contribution >= 0.6 is 0 Å². The highest BCUT2D eigenvalue weighted by Gasteiger charge is 2.33. The van der Waals surface area contributed by atoms with Gasteiger partial charge in [0.25, 0.3) is 5.91 Å². The average Bonchev–Trinajstić information content (AvgIpc) is 3.22. The Morgan fingerprint density at radius 2 is 2.00 bits per heavy atom. The van der Waals surface area contributed by atoms with E-state index in [4.69, 9.17) is 9.84 Å². The summed E-state index contributed by atoms with van der Waals surface area (Å²) in [4.78, 5) is 23.5. The quantitative estimate of drug-likeness (QED) is 0.633. The predicted octanol–water partition coefficient (Wildman–Crippen LogP) is 2.47. The van der Waals surface area contributed by atoms with Crippen LogP contribution in [0.25, 0.3) is 0 Å². The van der Waals surface area contributed by atoms with Crippen molar-refractivity contribution in [2.75, 3.05) is 6.61 Å². The van der Waals surface area contributed by atoms with Crippen molar-refractivity contribution in [1.82, 2.24) is 24.9 Å². The van der Waals surface area contributed by atoms with Crippen LogP contribution < -0.4 is 5.32 Å². The van der Waals surface area contributed by atoms with Gasteiger partial charge < -0.3 is 19.7 Å². The SMILES string of the molecule is CCOC1CC(n2cc(Cn3c(C)cc(C(=O)NC4CC(CC(=O)O)C4)c3C)nn2)C1. The fraction of sp³-hybridized carbons (Fsp3) is 0.636. The maximum Gasteiger partial charge on any atom is 0.303 e. The fourth-order valence-corrected chi connectivity index (χ4v) is 4.66. The van der Waals surface area contributed by atoms with Crippen LogP contribution in [0.1, 0.15) is 72.5 Å². The Kier molecular flexibility index (Phi) is 6.13. The van der Waals surface area contributed by atoms with E-state index in [2.05, 4.69) is 20.2 Å². The molecule has 0 unspecified atom stereocenters. The van der Waals surface area contributed by atoms with Crippen LogP contribution in [0, 0.1) is 19.8 Å². The van der Waals surface area contributed by atoms with Crippen LogP contribution in [-0.4, -0.2) is 55.3 Å². The Labute approximate surface area is 181 Å². The lowest BCUT2D eigenvalue weighted by atomic mass is 9.78. The van der Waals surface area contributed by atoms with Crippen molar-refractivity contribution in [3.8, 4) is 0 Å². The first kappa shape index (κ1) is 21.5. The number of nitrogens with one attached hydrogen (secondary N) is 1. The first-order valence-corrected chi connectivity index (χ1v) is 11.1. The van der Waals surface area contributed by atoms with Gasteiger partial charge in [0.1, 0.15) is 5.69 Å². The summed E-state index contributed by atoms with van der Waals surface area (Å²) in [5, 5.41) is 20.5. The van der Waals surface area contributed by atoms with Crippen LogP contribution in [0.2, 0.25) is 0 Å². The number of aryl methyl sites for hydroxylation is 1. The number of carboxylic acid groups (broad SMARTS) is 1. The van der Waals surface area contributed by atoms with Crippen molar-refractivity contribution < 1.29 is 19.4 Å². The maximum atomic E-state index is 12.8. The lowest BCUT2D eigenvalue weighted by Crippen LogP contribution is -2.44. The van der Waals surface area contributed by atoms with E-state index in [1.54, 1.807) is 0 Å². The molecule has 2 aliphatic carbocycles. The molecule has 0 aromatic carbocycles. The number of hydrogen-bond acceptors (Lipinski definition) is 5. The van der Waals surface area contributed by atoms with Crippen molar-refractivity contribution >= 4 is 11.9 Å². The molecule has 4 rings (SSSR count). The summed E-state index contributed by atoms with van der Waals surface area (Å²) in [6.07, 6.45) is 5.88. The highest BCUT2D eigenvalue weighted by molar-refractivity contribution is 5.96. The molecule has 168 valence electrons. The van der Waals surface area contributed by atoms with Crippen LogP contribution in [0.3, 0.4) is 0 Å². The number of hydrogen-bond donors (Lipinski definition) is 2. The Balaban J connectivity index is 1.34. The zero-order valence-electron chi connectivity index (χ0n) is 18.4. The molecular weight excluding hydrogens is 398 g/mol. The van der Waals surface area contributed by atoms with Crippen LogP contribution in [0.15, 0.2) is 12.3 Å². The molecular formula is C22H31N5O4. The molecule has 0 bridgehead atoms. The minimum Gasteiger partial charge on any atom is -0.481 e. The van der Waals surface area contributed by atoms with Gasteiger partial charge in [0.05, 0.1) is 30.5 Å². The number of carbonyl (C=O) groups is 2. The summed E-state index contributed by atoms with van der Waals surface area (Å²) in [6.45, 7) is 7.25. The minimum atomic E-state index is -0.776. The van der Waals surface area contributed by atoms with Crippen LogP contribution in [-0.2, 0) is 16.1 Å². The van der Waals surface area contributed by atoms with E-state index in [1.165, 1.54) is 0 Å². The second-order valence-electron chi connectivity index (χ2n) is 8.87. The number of rotatable bonds is 9. The first-order valence-electron chi connectivity index (χ1n) is 11.1. The molecule has 9 nitrogen and oxygen atoms in total. The molecule has 2 aliphatic rings. The third kappa shape index (κ3) is 4.66. The van der Waals surface area contributed by atoms with Gasteiger partial charge in [-0.3, -0.25) is 9.59 Å². The molecule has 0 saturated heterocycles. The van der Waals surface area contributed by atoms with E-state index in [0.717, 1.165) is 49.4 Å². The highest BCUT2D eigenvalue weighted by atomic mass is 16.5. The summed E-state index contributed by atoms with van der Waals surface area (Å²) < 4.78 is 9.63. The molecule has 2 aromatic heterocycles. The molecule has 0 atom stereocenters. The molecule has 2 saturated carbocycles. The normalized spacial score (nSPS) is 25.0. The molecule has 2 fully saturated rings. The third-order valence-electron chi connectivity index (χ3n) is 6.58. The van der Waals surface area contributed by atoms with Crippen molar-refractivity contribution in [2.45, 2.75) is 77.6 Å². The maximum absolute atomic E-state index is 12.8. The average molecular weight is 430 g/mol. The van der Waals surface area contributed by atoms with E-state index in [-0.39, 0.29) is 24.3 Å². The number of amides is 1. The second kappa shape index (κ2) is 8.82. The summed E-state index contributed by atoms with van der Waals surface area (Å²) >= 11 is 0. The summed E-state index contributed by atoms with van der Waals surface area (Å²) in [7, 11) is 0. The minimum absolute atomic E-state index is 0.0581. The van der Waals surface area contributed by atoms with E-state index in [9.17, 15) is 9.59 Å². The highest BCUT2D eigenvalue weighted by Crippen LogP contribution is 2.34. The molecule has 0 aliphatic heterocycles. The molecule has 31 heavy (non-hydrogen) atoms. The molecule has 1 amide bonds. The number of ether oxygens (including phenoxy) is 1. The Bertz CT molecular complexity index is 953. The van der Waals surface area contributed by atoms with Crippen molar-refractivity contribution in [1.29, 1.82) is 0 Å². The van der Waals surface area contributed by atoms with Gasteiger partial charge in [0.2, 0.25) is 0 Å². The van der Waals surface area contributed by atoms with Crippen LogP contribution in [0.4, 0.5) is 0 Å². The Morgan fingerprint density at radius 1 is 1.26 bits per heavy atom. The van der Waals surface area contributed by atoms with E-state index in [1.807, 2.05) is 37.7 Å². The Morgan fingerprint density at radius 3 is 2.68 bits per heavy atom. The zero-order chi connectivity index (χ0) is 22.1. The van der Waals surface area contributed by atoms with Crippen molar-refractivity contribution in [3.63, 3.8) is 0 Å².